The minimum absolute atomic E-state index is 0.385. The average molecular weight is 262 g/mol. The molecule has 2 atom stereocenters. The van der Waals surface area contributed by atoms with Crippen molar-refractivity contribution in [3.63, 3.8) is 0 Å². The first-order chi connectivity index (χ1) is 8.98. The van der Waals surface area contributed by atoms with Crippen molar-refractivity contribution in [2.75, 3.05) is 26.2 Å². The van der Waals surface area contributed by atoms with Gasteiger partial charge < -0.3 is 4.90 Å². The van der Waals surface area contributed by atoms with Crippen molar-refractivity contribution < 1.29 is 0 Å². The smallest absolute Gasteiger partial charge is 0.0188 e. The molecule has 2 fully saturated rings. The van der Waals surface area contributed by atoms with E-state index in [4.69, 9.17) is 0 Å². The quantitative estimate of drug-likeness (QED) is 0.721. The summed E-state index contributed by atoms with van der Waals surface area (Å²) in [4.78, 5) is 5.36. The van der Waals surface area contributed by atoms with E-state index in [0.717, 1.165) is 36.9 Å². The molecule has 3 aliphatic rings. The topological polar surface area (TPSA) is 6.48 Å². The summed E-state index contributed by atoms with van der Waals surface area (Å²) in [5, 5.41) is 0. The highest BCUT2D eigenvalue weighted by atomic mass is 15.2. The second kappa shape index (κ2) is 4.89. The van der Waals surface area contributed by atoms with Crippen molar-refractivity contribution in [3.05, 3.63) is 12.2 Å². The third kappa shape index (κ3) is 2.38. The van der Waals surface area contributed by atoms with Gasteiger partial charge in [-0.2, -0.15) is 0 Å². The first-order valence-corrected chi connectivity index (χ1v) is 8.12. The predicted octanol–water partition coefficient (Wildman–Crippen LogP) is 3.00. The van der Waals surface area contributed by atoms with E-state index < -0.39 is 0 Å². The van der Waals surface area contributed by atoms with Gasteiger partial charge in [0.25, 0.3) is 0 Å². The fraction of sp³-hybridized carbons (Fsp3) is 0.882. The molecule has 108 valence electrons. The Balaban J connectivity index is 1.62. The Morgan fingerprint density at radius 1 is 1.00 bits per heavy atom. The van der Waals surface area contributed by atoms with Crippen LogP contribution in [0.25, 0.3) is 0 Å². The van der Waals surface area contributed by atoms with Crippen molar-refractivity contribution >= 4 is 0 Å². The molecule has 0 aromatic rings. The zero-order valence-corrected chi connectivity index (χ0v) is 13.1. The van der Waals surface area contributed by atoms with Crippen molar-refractivity contribution in [2.45, 2.75) is 52.1 Å². The second-order valence-corrected chi connectivity index (χ2v) is 7.77. The molecule has 1 aliphatic carbocycles. The standard InChI is InChI=1S/C17H30N2/c1-13(2)18-11-14-9-16(10-15(14)12-18)17(3,4)19-7-5-6-8-19/h5-6,13-16H,7-12H2,1-4H3. The van der Waals surface area contributed by atoms with Gasteiger partial charge >= 0.3 is 0 Å². The van der Waals surface area contributed by atoms with E-state index in [1.165, 1.54) is 25.9 Å². The van der Waals surface area contributed by atoms with Crippen LogP contribution >= 0.6 is 0 Å². The van der Waals surface area contributed by atoms with Crippen LogP contribution in [0.4, 0.5) is 0 Å². The molecule has 0 aromatic heterocycles. The van der Waals surface area contributed by atoms with Gasteiger partial charge in [-0.3, -0.25) is 4.90 Å². The van der Waals surface area contributed by atoms with E-state index >= 15 is 0 Å². The highest BCUT2D eigenvalue weighted by molar-refractivity contribution is 5.06. The molecule has 3 rings (SSSR count). The van der Waals surface area contributed by atoms with Crippen LogP contribution in [0.15, 0.2) is 12.2 Å². The summed E-state index contributed by atoms with van der Waals surface area (Å²) in [7, 11) is 0. The Hall–Kier alpha value is -0.340. The highest BCUT2D eigenvalue weighted by Gasteiger charge is 2.47. The van der Waals surface area contributed by atoms with Crippen LogP contribution in [0.3, 0.4) is 0 Å². The maximum Gasteiger partial charge on any atom is 0.0188 e. The molecule has 19 heavy (non-hydrogen) atoms. The molecule has 0 aromatic carbocycles. The average Bonchev–Trinajstić information content (AvgIpc) is 3.04. The van der Waals surface area contributed by atoms with Gasteiger partial charge in [-0.25, -0.2) is 0 Å². The highest BCUT2D eigenvalue weighted by Crippen LogP contribution is 2.47. The van der Waals surface area contributed by atoms with Crippen molar-refractivity contribution in [1.29, 1.82) is 0 Å². The Kier molecular flexibility index (Phi) is 3.51. The molecule has 1 saturated heterocycles. The molecule has 2 heteroatoms. The van der Waals surface area contributed by atoms with Crippen LogP contribution in [-0.4, -0.2) is 47.6 Å². The molecular weight excluding hydrogens is 232 g/mol. The summed E-state index contributed by atoms with van der Waals surface area (Å²) in [6, 6.07) is 0.736. The second-order valence-electron chi connectivity index (χ2n) is 7.77. The lowest BCUT2D eigenvalue weighted by Gasteiger charge is -2.41. The zero-order valence-electron chi connectivity index (χ0n) is 13.1. The molecule has 1 saturated carbocycles. The van der Waals surface area contributed by atoms with E-state index in [0.29, 0.717) is 5.54 Å². The SMILES string of the molecule is CC(C)N1CC2CC(C(C)(C)N3CC=CC3)CC2C1. The fourth-order valence-corrected chi connectivity index (χ4v) is 4.54. The molecule has 2 nitrogen and oxygen atoms in total. The summed E-state index contributed by atoms with van der Waals surface area (Å²) in [5.74, 6) is 2.85. The molecule has 0 N–H and O–H groups in total. The molecule has 2 aliphatic heterocycles. The Morgan fingerprint density at radius 3 is 2.00 bits per heavy atom. The predicted molar refractivity (Wildman–Crippen MR) is 81.2 cm³/mol. The number of hydrogen-bond donors (Lipinski definition) is 0. The van der Waals surface area contributed by atoms with Gasteiger partial charge in [0.2, 0.25) is 0 Å². The molecule has 2 unspecified atom stereocenters. The number of nitrogens with zero attached hydrogens (tertiary/aromatic N) is 2. The number of fused-ring (bicyclic) bond motifs is 1. The maximum atomic E-state index is 2.69. The van der Waals surface area contributed by atoms with Crippen molar-refractivity contribution in [2.24, 2.45) is 17.8 Å². The van der Waals surface area contributed by atoms with E-state index in [1.807, 2.05) is 0 Å². The first kappa shape index (κ1) is 13.6. The minimum Gasteiger partial charge on any atom is -0.300 e. The van der Waals surface area contributed by atoms with Gasteiger partial charge in [0, 0.05) is 37.8 Å². The fourth-order valence-electron chi connectivity index (χ4n) is 4.54. The zero-order chi connectivity index (χ0) is 13.6. The van der Waals surface area contributed by atoms with Crippen molar-refractivity contribution in [1.82, 2.24) is 9.80 Å². The molecule has 0 spiro atoms. The number of hydrogen-bond acceptors (Lipinski definition) is 2. The summed E-state index contributed by atoms with van der Waals surface area (Å²) in [6.45, 7) is 14.7. The molecular formula is C17H30N2. The number of likely N-dealkylation sites (tertiary alicyclic amines) is 1. The van der Waals surface area contributed by atoms with Crippen LogP contribution < -0.4 is 0 Å². The van der Waals surface area contributed by atoms with Gasteiger partial charge in [0.1, 0.15) is 0 Å². The lowest BCUT2D eigenvalue weighted by atomic mass is 9.83. The lowest BCUT2D eigenvalue weighted by Crippen LogP contribution is -2.48. The van der Waals surface area contributed by atoms with Gasteiger partial charge in [-0.15, -0.1) is 0 Å². The van der Waals surface area contributed by atoms with Gasteiger partial charge in [-0.1, -0.05) is 12.2 Å². The van der Waals surface area contributed by atoms with E-state index in [2.05, 4.69) is 49.6 Å². The Labute approximate surface area is 118 Å². The van der Waals surface area contributed by atoms with Crippen LogP contribution in [-0.2, 0) is 0 Å². The van der Waals surface area contributed by atoms with E-state index in [-0.39, 0.29) is 0 Å². The molecule has 2 heterocycles. The van der Waals surface area contributed by atoms with Crippen LogP contribution in [0, 0.1) is 17.8 Å². The molecule has 0 bridgehead atoms. The van der Waals surface area contributed by atoms with Crippen molar-refractivity contribution in [3.8, 4) is 0 Å². The minimum atomic E-state index is 0.385. The summed E-state index contributed by atoms with van der Waals surface area (Å²) < 4.78 is 0. The summed E-state index contributed by atoms with van der Waals surface area (Å²) in [5.41, 5.74) is 0.385. The monoisotopic (exact) mass is 262 g/mol. The summed E-state index contributed by atoms with van der Waals surface area (Å²) >= 11 is 0. The van der Waals surface area contributed by atoms with Crippen LogP contribution in [0.1, 0.15) is 40.5 Å². The Morgan fingerprint density at radius 2 is 1.53 bits per heavy atom. The summed E-state index contributed by atoms with van der Waals surface area (Å²) in [6.07, 6.45) is 7.57. The number of rotatable bonds is 3. The van der Waals surface area contributed by atoms with E-state index in [1.54, 1.807) is 0 Å². The maximum absolute atomic E-state index is 2.69. The third-order valence-corrected chi connectivity index (χ3v) is 6.14. The third-order valence-electron chi connectivity index (χ3n) is 6.14. The molecule has 0 radical (unpaired) electrons. The Bertz CT molecular complexity index is 336. The lowest BCUT2D eigenvalue weighted by molar-refractivity contribution is 0.0862. The largest absolute Gasteiger partial charge is 0.300 e. The van der Waals surface area contributed by atoms with Crippen LogP contribution in [0.5, 0.6) is 0 Å². The van der Waals surface area contributed by atoms with Gasteiger partial charge in [0.05, 0.1) is 0 Å². The van der Waals surface area contributed by atoms with Crippen LogP contribution in [0.2, 0.25) is 0 Å². The molecule has 0 amide bonds. The van der Waals surface area contributed by atoms with Gasteiger partial charge in [0.15, 0.2) is 0 Å². The normalized spacial score (nSPS) is 36.6. The van der Waals surface area contributed by atoms with E-state index in [9.17, 15) is 0 Å². The van der Waals surface area contributed by atoms with Gasteiger partial charge in [-0.05, 0) is 58.3 Å². The first-order valence-electron chi connectivity index (χ1n) is 8.12.